The molecule has 5 nitrogen and oxygen atoms in total. The molecule has 4 aromatic rings. The molecular weight excluding hydrogens is 413 g/mol. The second-order valence-corrected chi connectivity index (χ2v) is 8.35. The van der Waals surface area contributed by atoms with Crippen molar-refractivity contribution in [1.29, 1.82) is 0 Å². The molecule has 0 radical (unpaired) electrons. The number of aromatic nitrogens is 2. The Morgan fingerprint density at radius 1 is 1.13 bits per heavy atom. The first-order chi connectivity index (χ1) is 14.9. The molecule has 0 atom stereocenters. The number of aryl methyl sites for hydroxylation is 2. The SMILES string of the molecule is Cc1cc(C)cc(OCc2csc(C(=O)Nc3cnn(Cc4cccc(F)c4)c3)c2)c1. The third-order valence-electron chi connectivity index (χ3n) is 4.60. The fourth-order valence-corrected chi connectivity index (χ4v) is 4.07. The van der Waals surface area contributed by atoms with E-state index in [1.807, 2.05) is 43.5 Å². The van der Waals surface area contributed by atoms with Crippen LogP contribution in [0.1, 0.15) is 31.9 Å². The van der Waals surface area contributed by atoms with Crippen LogP contribution in [0.15, 0.2) is 66.3 Å². The van der Waals surface area contributed by atoms with Crippen LogP contribution in [0.2, 0.25) is 0 Å². The van der Waals surface area contributed by atoms with Crippen LogP contribution in [0.25, 0.3) is 0 Å². The molecule has 0 spiro atoms. The molecule has 1 N–H and O–H groups in total. The number of anilines is 1. The van der Waals surface area contributed by atoms with Gasteiger partial charge in [-0.05, 0) is 66.2 Å². The average Bonchev–Trinajstić information content (AvgIpc) is 3.35. The van der Waals surface area contributed by atoms with Gasteiger partial charge in [-0.3, -0.25) is 9.48 Å². The van der Waals surface area contributed by atoms with Crippen molar-refractivity contribution in [3.05, 3.63) is 99.3 Å². The minimum Gasteiger partial charge on any atom is -0.489 e. The van der Waals surface area contributed by atoms with E-state index in [4.69, 9.17) is 4.74 Å². The highest BCUT2D eigenvalue weighted by Crippen LogP contribution is 2.21. The van der Waals surface area contributed by atoms with E-state index in [1.165, 1.54) is 23.5 Å². The monoisotopic (exact) mass is 435 g/mol. The highest BCUT2D eigenvalue weighted by atomic mass is 32.1. The van der Waals surface area contributed by atoms with Crippen LogP contribution in [0.4, 0.5) is 10.1 Å². The molecule has 0 aliphatic rings. The summed E-state index contributed by atoms with van der Waals surface area (Å²) < 4.78 is 20.9. The lowest BCUT2D eigenvalue weighted by Crippen LogP contribution is -2.09. The Morgan fingerprint density at radius 3 is 2.71 bits per heavy atom. The number of carbonyl (C=O) groups excluding carboxylic acids is 1. The molecule has 158 valence electrons. The van der Waals surface area contributed by atoms with Gasteiger partial charge in [0.2, 0.25) is 0 Å². The van der Waals surface area contributed by atoms with Gasteiger partial charge in [0, 0.05) is 11.8 Å². The maximum Gasteiger partial charge on any atom is 0.265 e. The van der Waals surface area contributed by atoms with Gasteiger partial charge in [-0.2, -0.15) is 5.10 Å². The van der Waals surface area contributed by atoms with Crippen molar-refractivity contribution in [2.45, 2.75) is 27.0 Å². The molecule has 1 amide bonds. The van der Waals surface area contributed by atoms with E-state index in [1.54, 1.807) is 23.1 Å². The smallest absolute Gasteiger partial charge is 0.265 e. The average molecular weight is 436 g/mol. The number of nitrogens with one attached hydrogen (secondary N) is 1. The molecule has 7 heteroatoms. The van der Waals surface area contributed by atoms with Crippen molar-refractivity contribution in [3.63, 3.8) is 0 Å². The van der Waals surface area contributed by atoms with Crippen molar-refractivity contribution in [2.75, 3.05) is 5.32 Å². The first-order valence-corrected chi connectivity index (χ1v) is 10.7. The Balaban J connectivity index is 1.34. The van der Waals surface area contributed by atoms with Crippen LogP contribution in [0.3, 0.4) is 0 Å². The van der Waals surface area contributed by atoms with Crippen LogP contribution < -0.4 is 10.1 Å². The van der Waals surface area contributed by atoms with Crippen LogP contribution in [0, 0.1) is 19.7 Å². The Labute approximate surface area is 184 Å². The lowest BCUT2D eigenvalue weighted by atomic mass is 10.1. The summed E-state index contributed by atoms with van der Waals surface area (Å²) in [5.41, 5.74) is 4.63. The van der Waals surface area contributed by atoms with Crippen molar-refractivity contribution in [1.82, 2.24) is 9.78 Å². The first-order valence-electron chi connectivity index (χ1n) is 9.81. The number of hydrogen-bond donors (Lipinski definition) is 1. The van der Waals surface area contributed by atoms with E-state index < -0.39 is 0 Å². The van der Waals surface area contributed by atoms with E-state index in [0.717, 1.165) is 28.0 Å². The molecule has 2 heterocycles. The van der Waals surface area contributed by atoms with Gasteiger partial charge < -0.3 is 10.1 Å². The van der Waals surface area contributed by atoms with Crippen LogP contribution >= 0.6 is 11.3 Å². The fraction of sp³-hybridized carbons (Fsp3) is 0.167. The van der Waals surface area contributed by atoms with Crippen LogP contribution in [-0.4, -0.2) is 15.7 Å². The summed E-state index contributed by atoms with van der Waals surface area (Å²) in [6.45, 7) is 4.89. The maximum absolute atomic E-state index is 13.3. The number of rotatable bonds is 7. The zero-order chi connectivity index (χ0) is 21.8. The Bertz CT molecular complexity index is 1190. The molecule has 4 rings (SSSR count). The molecule has 0 unspecified atom stereocenters. The minimum atomic E-state index is -0.284. The van der Waals surface area contributed by atoms with Crippen LogP contribution in [-0.2, 0) is 13.2 Å². The summed E-state index contributed by atoms with van der Waals surface area (Å²) in [7, 11) is 0. The standard InChI is InChI=1S/C24H22FN3O2S/c1-16-6-17(2)8-22(7-16)30-14-19-10-23(31-15-19)24(29)27-21-11-26-28(13-21)12-18-4-3-5-20(25)9-18/h3-11,13,15H,12,14H2,1-2H3,(H,27,29). The fourth-order valence-electron chi connectivity index (χ4n) is 3.28. The maximum atomic E-state index is 13.3. The minimum absolute atomic E-state index is 0.201. The van der Waals surface area contributed by atoms with Gasteiger partial charge in [0.15, 0.2) is 0 Å². The molecule has 31 heavy (non-hydrogen) atoms. The molecule has 0 saturated heterocycles. The van der Waals surface area contributed by atoms with Crippen molar-refractivity contribution in [2.24, 2.45) is 0 Å². The van der Waals surface area contributed by atoms with Gasteiger partial charge >= 0.3 is 0 Å². The third-order valence-corrected chi connectivity index (χ3v) is 5.58. The second-order valence-electron chi connectivity index (χ2n) is 7.44. The van der Waals surface area contributed by atoms with Gasteiger partial charge in [-0.1, -0.05) is 18.2 Å². The lowest BCUT2D eigenvalue weighted by Gasteiger charge is -2.07. The number of nitrogens with zero attached hydrogens (tertiary/aromatic N) is 2. The Hall–Kier alpha value is -3.45. The zero-order valence-electron chi connectivity index (χ0n) is 17.3. The number of halogens is 1. The van der Waals surface area contributed by atoms with Crippen molar-refractivity contribution < 1.29 is 13.9 Å². The second kappa shape index (κ2) is 9.14. The summed E-state index contributed by atoms with van der Waals surface area (Å²) in [5, 5.41) is 9.01. The number of thiophene rings is 1. The Morgan fingerprint density at radius 2 is 1.94 bits per heavy atom. The summed E-state index contributed by atoms with van der Waals surface area (Å²) >= 11 is 1.37. The quantitative estimate of drug-likeness (QED) is 0.412. The number of hydrogen-bond acceptors (Lipinski definition) is 4. The molecular formula is C24H22FN3O2S. The van der Waals surface area contributed by atoms with Crippen molar-refractivity contribution in [3.8, 4) is 5.75 Å². The van der Waals surface area contributed by atoms with E-state index in [0.29, 0.717) is 23.7 Å². The van der Waals surface area contributed by atoms with E-state index in [2.05, 4.69) is 16.5 Å². The third kappa shape index (κ3) is 5.58. The van der Waals surface area contributed by atoms with Gasteiger partial charge in [0.05, 0.1) is 23.3 Å². The molecule has 2 aromatic heterocycles. The summed E-state index contributed by atoms with van der Waals surface area (Å²) in [6, 6.07) is 14.3. The molecule has 0 fully saturated rings. The summed E-state index contributed by atoms with van der Waals surface area (Å²) in [4.78, 5) is 13.2. The summed E-state index contributed by atoms with van der Waals surface area (Å²) in [6.07, 6.45) is 3.30. The Kier molecular flexibility index (Phi) is 6.13. The number of benzene rings is 2. The van der Waals surface area contributed by atoms with Gasteiger partial charge in [-0.15, -0.1) is 11.3 Å². The number of carbonyl (C=O) groups is 1. The highest BCUT2D eigenvalue weighted by molar-refractivity contribution is 7.12. The topological polar surface area (TPSA) is 56.1 Å². The largest absolute Gasteiger partial charge is 0.489 e. The molecule has 0 aliphatic carbocycles. The lowest BCUT2D eigenvalue weighted by molar-refractivity contribution is 0.103. The predicted octanol–water partition coefficient (Wildman–Crippen LogP) is 5.58. The van der Waals surface area contributed by atoms with Gasteiger partial charge in [0.25, 0.3) is 5.91 Å². The van der Waals surface area contributed by atoms with E-state index in [-0.39, 0.29) is 11.7 Å². The van der Waals surface area contributed by atoms with Crippen LogP contribution in [0.5, 0.6) is 5.75 Å². The van der Waals surface area contributed by atoms with E-state index >= 15 is 0 Å². The zero-order valence-corrected chi connectivity index (χ0v) is 18.1. The number of ether oxygens (including phenoxy) is 1. The van der Waals surface area contributed by atoms with E-state index in [9.17, 15) is 9.18 Å². The molecule has 0 aliphatic heterocycles. The van der Waals surface area contributed by atoms with Gasteiger partial charge in [-0.25, -0.2) is 4.39 Å². The first kappa shape index (κ1) is 20.8. The predicted molar refractivity (Wildman–Crippen MR) is 120 cm³/mol. The van der Waals surface area contributed by atoms with Gasteiger partial charge in [0.1, 0.15) is 18.2 Å². The highest BCUT2D eigenvalue weighted by Gasteiger charge is 2.11. The molecule has 0 saturated carbocycles. The summed E-state index contributed by atoms with van der Waals surface area (Å²) in [5.74, 6) is 0.335. The molecule has 0 bridgehead atoms. The molecule has 2 aromatic carbocycles. The van der Waals surface area contributed by atoms with Crippen molar-refractivity contribution >= 4 is 22.9 Å². The number of amides is 1. The normalized spacial score (nSPS) is 10.8.